The molecule has 0 spiro atoms. The molecule has 3 heterocycles. The maximum atomic E-state index is 15.2. The lowest BCUT2D eigenvalue weighted by Crippen LogP contribution is -2.44. The van der Waals surface area contributed by atoms with Crippen molar-refractivity contribution in [2.45, 2.75) is 20.0 Å². The number of carbonyl (C=O) groups excluding carboxylic acids is 1. The number of rotatable bonds is 5. The zero-order valence-electron chi connectivity index (χ0n) is 19.3. The van der Waals surface area contributed by atoms with E-state index in [4.69, 9.17) is 9.47 Å². The highest BCUT2D eigenvalue weighted by Crippen LogP contribution is 2.32. The van der Waals surface area contributed by atoms with E-state index in [9.17, 15) is 9.59 Å². The summed E-state index contributed by atoms with van der Waals surface area (Å²) in [6.07, 6.45) is 1.51. The number of aryl methyl sites for hydroxylation is 1. The highest BCUT2D eigenvalue weighted by Gasteiger charge is 2.22. The molecule has 1 saturated heterocycles. The van der Waals surface area contributed by atoms with Gasteiger partial charge in [-0.2, -0.15) is 0 Å². The van der Waals surface area contributed by atoms with Crippen molar-refractivity contribution in [2.24, 2.45) is 0 Å². The van der Waals surface area contributed by atoms with Gasteiger partial charge >= 0.3 is 0 Å². The van der Waals surface area contributed by atoms with Crippen molar-refractivity contribution in [2.75, 3.05) is 44.9 Å². The van der Waals surface area contributed by atoms with Gasteiger partial charge in [-0.1, -0.05) is 6.07 Å². The number of nitrogens with one attached hydrogen (secondary N) is 1. The van der Waals surface area contributed by atoms with E-state index in [0.717, 1.165) is 18.7 Å². The number of benzene rings is 2. The third-order valence-electron chi connectivity index (χ3n) is 6.47. The smallest absolute Gasteiger partial charge is 0.258 e. The highest BCUT2D eigenvalue weighted by molar-refractivity contribution is 6.07. The van der Waals surface area contributed by atoms with Crippen LogP contribution in [0.5, 0.6) is 11.5 Å². The molecular formula is C25H27FN4O4. The molecule has 0 aliphatic carbocycles. The van der Waals surface area contributed by atoms with E-state index in [1.807, 2.05) is 31.0 Å². The lowest BCUT2D eigenvalue weighted by atomic mass is 10.0. The van der Waals surface area contributed by atoms with Crippen LogP contribution in [0.3, 0.4) is 0 Å². The highest BCUT2D eigenvalue weighted by atomic mass is 19.1. The van der Waals surface area contributed by atoms with Gasteiger partial charge in [0.25, 0.3) is 11.5 Å². The summed E-state index contributed by atoms with van der Waals surface area (Å²) in [5.41, 5.74) is 1.27. The number of aromatic nitrogens is 1. The Morgan fingerprint density at radius 2 is 1.82 bits per heavy atom. The molecule has 34 heavy (non-hydrogen) atoms. The number of likely N-dealkylation sites (N-methyl/N-ethyl adjacent to an activating group) is 1. The van der Waals surface area contributed by atoms with E-state index in [1.165, 1.54) is 16.8 Å². The minimum absolute atomic E-state index is 0.178. The first-order chi connectivity index (χ1) is 16.4. The van der Waals surface area contributed by atoms with Crippen molar-refractivity contribution in [1.82, 2.24) is 14.8 Å². The van der Waals surface area contributed by atoms with E-state index in [2.05, 4.69) is 10.2 Å². The van der Waals surface area contributed by atoms with Crippen LogP contribution >= 0.6 is 0 Å². The predicted molar refractivity (Wildman–Crippen MR) is 127 cm³/mol. The van der Waals surface area contributed by atoms with Crippen molar-refractivity contribution in [3.63, 3.8) is 0 Å². The van der Waals surface area contributed by atoms with Crippen LogP contribution in [0.25, 0.3) is 10.8 Å². The number of pyridine rings is 1. The molecule has 8 nitrogen and oxygen atoms in total. The summed E-state index contributed by atoms with van der Waals surface area (Å²) in [6.45, 7) is 5.66. The number of fused-ring (bicyclic) bond motifs is 2. The standard InChI is InChI=1S/C25H27FN4O4/c1-3-29-14-19(24(31)27-13-16-4-5-22-23(10-16)34-15-33-22)17-11-20(26)21(12-18(17)25(29)32)30-8-6-28(2)7-9-30/h4-5,10-12,14H,3,6-9,13,15H2,1-2H3,(H,27,31). The molecule has 2 aromatic carbocycles. The molecule has 1 N–H and O–H groups in total. The zero-order valence-corrected chi connectivity index (χ0v) is 19.3. The van der Waals surface area contributed by atoms with Gasteiger partial charge in [-0.15, -0.1) is 0 Å². The number of nitrogens with zero attached hydrogens (tertiary/aromatic N) is 3. The molecule has 0 atom stereocenters. The van der Waals surface area contributed by atoms with Gasteiger partial charge in [0.2, 0.25) is 6.79 Å². The molecule has 0 unspecified atom stereocenters. The summed E-state index contributed by atoms with van der Waals surface area (Å²) < 4.78 is 27.4. The van der Waals surface area contributed by atoms with Gasteiger partial charge in [0.15, 0.2) is 11.5 Å². The average molecular weight is 467 g/mol. The monoisotopic (exact) mass is 466 g/mol. The molecule has 1 amide bonds. The second kappa shape index (κ2) is 8.98. The fourth-order valence-corrected chi connectivity index (χ4v) is 4.43. The molecule has 2 aliphatic heterocycles. The minimum Gasteiger partial charge on any atom is -0.454 e. The number of piperazine rings is 1. The fourth-order valence-electron chi connectivity index (χ4n) is 4.43. The van der Waals surface area contributed by atoms with Gasteiger partial charge in [0, 0.05) is 50.9 Å². The Labute approximate surface area is 196 Å². The summed E-state index contributed by atoms with van der Waals surface area (Å²) in [7, 11) is 2.03. The topological polar surface area (TPSA) is 76.0 Å². The largest absolute Gasteiger partial charge is 0.454 e. The fraction of sp³-hybridized carbons (Fsp3) is 0.360. The normalized spacial score (nSPS) is 15.7. The van der Waals surface area contributed by atoms with Gasteiger partial charge in [-0.05, 0) is 43.8 Å². The lowest BCUT2D eigenvalue weighted by Gasteiger charge is -2.34. The first-order valence-electron chi connectivity index (χ1n) is 11.4. The van der Waals surface area contributed by atoms with Crippen molar-refractivity contribution in [3.05, 3.63) is 63.8 Å². The molecule has 3 aromatic rings. The van der Waals surface area contributed by atoms with Crippen LogP contribution < -0.4 is 25.2 Å². The first-order valence-corrected chi connectivity index (χ1v) is 11.4. The van der Waals surface area contributed by atoms with Crippen LogP contribution in [0.4, 0.5) is 10.1 Å². The third kappa shape index (κ3) is 4.07. The van der Waals surface area contributed by atoms with Crippen molar-refractivity contribution >= 4 is 22.4 Å². The summed E-state index contributed by atoms with van der Waals surface area (Å²) in [4.78, 5) is 30.4. The van der Waals surface area contributed by atoms with E-state index in [0.29, 0.717) is 47.6 Å². The third-order valence-corrected chi connectivity index (χ3v) is 6.47. The maximum Gasteiger partial charge on any atom is 0.258 e. The van der Waals surface area contributed by atoms with Crippen molar-refractivity contribution in [1.29, 1.82) is 0 Å². The molecule has 5 rings (SSSR count). The average Bonchev–Trinajstić information content (AvgIpc) is 3.31. The Kier molecular flexibility index (Phi) is 5.87. The number of carbonyl (C=O) groups is 1. The van der Waals surface area contributed by atoms with Crippen molar-refractivity contribution < 1.29 is 18.7 Å². The Morgan fingerprint density at radius 1 is 1.06 bits per heavy atom. The van der Waals surface area contributed by atoms with Crippen molar-refractivity contribution in [3.8, 4) is 11.5 Å². The van der Waals surface area contributed by atoms with Gasteiger partial charge < -0.3 is 29.2 Å². The van der Waals surface area contributed by atoms with E-state index in [1.54, 1.807) is 12.1 Å². The molecule has 2 aliphatic rings. The number of halogens is 1. The van der Waals surface area contributed by atoms with E-state index >= 15 is 4.39 Å². The van der Waals surface area contributed by atoms with Crippen LogP contribution in [0.15, 0.2) is 41.3 Å². The number of hydrogen-bond acceptors (Lipinski definition) is 6. The van der Waals surface area contributed by atoms with E-state index < -0.39 is 5.82 Å². The molecule has 0 radical (unpaired) electrons. The molecule has 0 bridgehead atoms. The second-order valence-corrected chi connectivity index (χ2v) is 8.64. The SMILES string of the molecule is CCn1cc(C(=O)NCc2ccc3c(c2)OCO3)c2cc(F)c(N3CCN(C)CC3)cc2c1=O. The Bertz CT molecular complexity index is 1310. The number of ether oxygens (including phenoxy) is 2. The number of anilines is 1. The Morgan fingerprint density at radius 3 is 2.59 bits per heavy atom. The first kappa shape index (κ1) is 22.2. The van der Waals surface area contributed by atoms with Gasteiger partial charge in [0.1, 0.15) is 5.82 Å². The minimum atomic E-state index is -0.435. The maximum absolute atomic E-state index is 15.2. The summed E-state index contributed by atoms with van der Waals surface area (Å²) in [5, 5.41) is 3.54. The van der Waals surface area contributed by atoms with E-state index in [-0.39, 0.29) is 30.4 Å². The van der Waals surface area contributed by atoms with Crippen LogP contribution in [-0.2, 0) is 13.1 Å². The van der Waals surface area contributed by atoms with Gasteiger partial charge in [0.05, 0.1) is 16.6 Å². The summed E-state index contributed by atoms with van der Waals surface area (Å²) in [5.74, 6) is 0.491. The molecule has 0 saturated carbocycles. The van der Waals surface area contributed by atoms with Crippen LogP contribution in [0, 0.1) is 5.82 Å². The van der Waals surface area contributed by atoms with Gasteiger partial charge in [-0.3, -0.25) is 9.59 Å². The quantitative estimate of drug-likeness (QED) is 0.623. The summed E-state index contributed by atoms with van der Waals surface area (Å²) in [6, 6.07) is 8.38. The second-order valence-electron chi connectivity index (χ2n) is 8.64. The number of amides is 1. The lowest BCUT2D eigenvalue weighted by molar-refractivity contribution is 0.0951. The van der Waals surface area contributed by atoms with Crippen LogP contribution in [-0.4, -0.2) is 55.4 Å². The summed E-state index contributed by atoms with van der Waals surface area (Å²) >= 11 is 0. The van der Waals surface area contributed by atoms with Crippen LogP contribution in [0.1, 0.15) is 22.8 Å². The Balaban J connectivity index is 1.47. The van der Waals surface area contributed by atoms with Crippen LogP contribution in [0.2, 0.25) is 0 Å². The molecule has 178 valence electrons. The molecule has 9 heteroatoms. The molecule has 1 aromatic heterocycles. The molecular weight excluding hydrogens is 439 g/mol. The Hall–Kier alpha value is -3.59. The zero-order chi connectivity index (χ0) is 23.8. The predicted octanol–water partition coefficient (Wildman–Crippen LogP) is 2.57. The number of hydrogen-bond donors (Lipinski definition) is 1. The van der Waals surface area contributed by atoms with Gasteiger partial charge in [-0.25, -0.2) is 4.39 Å². The molecule has 1 fully saturated rings.